The molecule has 0 aliphatic heterocycles. The van der Waals surface area contributed by atoms with Gasteiger partial charge in [-0.3, -0.25) is 14.8 Å². The highest BCUT2D eigenvalue weighted by molar-refractivity contribution is 5.75. The van der Waals surface area contributed by atoms with Crippen molar-refractivity contribution in [2.75, 3.05) is 6.54 Å². The molecule has 0 heterocycles. The minimum atomic E-state index is 0.499. The quantitative estimate of drug-likeness (QED) is 0.463. The zero-order valence-electron chi connectivity index (χ0n) is 13.9. The van der Waals surface area contributed by atoms with Crippen molar-refractivity contribution in [1.82, 2.24) is 10.2 Å². The molecule has 0 aromatic carbocycles. The predicted octanol–water partition coefficient (Wildman–Crippen LogP) is 2.90. The highest BCUT2D eigenvalue weighted by atomic mass is 15.4. The summed E-state index contributed by atoms with van der Waals surface area (Å²) in [6.07, 6.45) is 0. The summed E-state index contributed by atoms with van der Waals surface area (Å²) in [5, 5.41) is 3.58. The number of guanidine groups is 1. The first-order valence-corrected chi connectivity index (χ1v) is 7.41. The van der Waals surface area contributed by atoms with Gasteiger partial charge in [0.05, 0.1) is 30.7 Å². The molecular weight excluding hydrogens is 222 g/mol. The molecule has 0 saturated heterocycles. The number of nitrogens with zero attached hydrogens (tertiary/aromatic N) is 2. The van der Waals surface area contributed by atoms with Crippen molar-refractivity contribution in [1.29, 1.82) is 0 Å². The van der Waals surface area contributed by atoms with E-state index in [1.54, 1.807) is 0 Å². The van der Waals surface area contributed by atoms with Crippen LogP contribution in [0.15, 0.2) is 0 Å². The smallest absolute Gasteiger partial charge is 0.278 e. The van der Waals surface area contributed by atoms with Gasteiger partial charge in [-0.15, -0.1) is 0 Å². The van der Waals surface area contributed by atoms with Gasteiger partial charge in [-0.25, -0.2) is 0 Å². The Labute approximate surface area is 114 Å². The molecule has 3 nitrogen and oxygen atoms in total. The Bertz CT molecular complexity index is 247. The van der Waals surface area contributed by atoms with E-state index in [1.165, 1.54) is 5.96 Å². The molecule has 0 aliphatic carbocycles. The van der Waals surface area contributed by atoms with Crippen LogP contribution in [0.5, 0.6) is 0 Å². The van der Waals surface area contributed by atoms with Gasteiger partial charge in [-0.05, 0) is 62.3 Å². The summed E-state index contributed by atoms with van der Waals surface area (Å²) in [5.41, 5.74) is 0. The summed E-state index contributed by atoms with van der Waals surface area (Å²) < 4.78 is 2.48. The number of hydrogen-bond donors (Lipinski definition) is 1. The summed E-state index contributed by atoms with van der Waals surface area (Å²) in [4.78, 5) is 2.48. The predicted molar refractivity (Wildman–Crippen MR) is 81.3 cm³/mol. The maximum atomic E-state index is 3.58. The van der Waals surface area contributed by atoms with Crippen molar-refractivity contribution in [3.8, 4) is 0 Å². The van der Waals surface area contributed by atoms with Crippen LogP contribution in [0.3, 0.4) is 0 Å². The molecule has 0 fully saturated rings. The van der Waals surface area contributed by atoms with E-state index in [2.05, 4.69) is 77.1 Å². The van der Waals surface area contributed by atoms with Gasteiger partial charge in [0.1, 0.15) is 0 Å². The van der Waals surface area contributed by atoms with Gasteiger partial charge in [0.15, 0.2) is 0 Å². The number of rotatable bonds is 5. The fourth-order valence-corrected chi connectivity index (χ4v) is 2.64. The van der Waals surface area contributed by atoms with E-state index < -0.39 is 0 Å². The van der Waals surface area contributed by atoms with Crippen molar-refractivity contribution >= 4 is 5.96 Å². The first-order chi connectivity index (χ1) is 8.23. The Balaban J connectivity index is 5.67. The molecule has 0 spiro atoms. The third kappa shape index (κ3) is 4.51. The molecule has 0 bridgehead atoms. The van der Waals surface area contributed by atoms with Crippen LogP contribution < -0.4 is 5.32 Å². The first kappa shape index (κ1) is 17.3. The Hall–Kier alpha value is -0.730. The first-order valence-electron chi connectivity index (χ1n) is 7.41. The fourth-order valence-electron chi connectivity index (χ4n) is 2.64. The summed E-state index contributed by atoms with van der Waals surface area (Å²) in [5.74, 6) is 1.27. The second-order valence-electron chi connectivity index (χ2n) is 6.04. The normalized spacial score (nSPS) is 11.6. The summed E-state index contributed by atoms with van der Waals surface area (Å²) in [6.45, 7) is 21.2. The Kier molecular flexibility index (Phi) is 7.34. The van der Waals surface area contributed by atoms with Crippen LogP contribution in [0.4, 0.5) is 0 Å². The van der Waals surface area contributed by atoms with Crippen LogP contribution in [0.25, 0.3) is 0 Å². The second kappa shape index (κ2) is 7.65. The Morgan fingerprint density at radius 2 is 1.28 bits per heavy atom. The molecule has 0 aliphatic rings. The van der Waals surface area contributed by atoms with Gasteiger partial charge in [0, 0.05) is 0 Å². The second-order valence-corrected chi connectivity index (χ2v) is 6.04. The molecule has 0 radical (unpaired) electrons. The lowest BCUT2D eigenvalue weighted by Gasteiger charge is -2.32. The molecule has 108 valence electrons. The lowest BCUT2D eigenvalue weighted by molar-refractivity contribution is -0.594. The van der Waals surface area contributed by atoms with Gasteiger partial charge in [-0.2, -0.15) is 0 Å². The van der Waals surface area contributed by atoms with E-state index in [-0.39, 0.29) is 0 Å². The molecule has 0 aromatic rings. The maximum absolute atomic E-state index is 3.58. The standard InChI is InChI=1S/C15H33N3/c1-10-16-15(17(11(2)3)12(4)5)18(13(6)7)14(8)9/h11-14H,10H2,1-9H3/p+1. The zero-order chi connectivity index (χ0) is 14.5. The van der Waals surface area contributed by atoms with Crippen LogP contribution in [0.1, 0.15) is 62.3 Å². The lowest BCUT2D eigenvalue weighted by Crippen LogP contribution is -2.55. The van der Waals surface area contributed by atoms with Gasteiger partial charge in [0.25, 0.3) is 0 Å². The lowest BCUT2D eigenvalue weighted by atomic mass is 10.2. The van der Waals surface area contributed by atoms with Gasteiger partial charge >= 0.3 is 5.96 Å². The SMILES string of the molecule is CCNC(N(C(C)C)C(C)C)=[N+](C(C)C)C(C)C. The largest absolute Gasteiger partial charge is 0.348 e. The third-order valence-electron chi connectivity index (χ3n) is 3.05. The molecule has 1 N–H and O–H groups in total. The van der Waals surface area contributed by atoms with Gasteiger partial charge in [0.2, 0.25) is 0 Å². The molecule has 18 heavy (non-hydrogen) atoms. The molecule has 0 aromatic heterocycles. The summed E-state index contributed by atoms with van der Waals surface area (Å²) in [7, 11) is 0. The average molecular weight is 256 g/mol. The van der Waals surface area contributed by atoms with E-state index >= 15 is 0 Å². The van der Waals surface area contributed by atoms with Crippen molar-refractivity contribution in [3.63, 3.8) is 0 Å². The van der Waals surface area contributed by atoms with Crippen LogP contribution in [0, 0.1) is 0 Å². The summed E-state index contributed by atoms with van der Waals surface area (Å²) in [6, 6.07) is 2.00. The zero-order valence-corrected chi connectivity index (χ0v) is 13.9. The maximum Gasteiger partial charge on any atom is 0.348 e. The number of nitrogens with one attached hydrogen (secondary N) is 1. The van der Waals surface area contributed by atoms with Crippen molar-refractivity contribution in [2.24, 2.45) is 0 Å². The molecular formula is C15H34N3+. The van der Waals surface area contributed by atoms with Gasteiger partial charge in [-0.1, -0.05) is 0 Å². The van der Waals surface area contributed by atoms with E-state index in [1.807, 2.05) is 0 Å². The number of hydrogen-bond acceptors (Lipinski definition) is 0. The van der Waals surface area contributed by atoms with Crippen molar-refractivity contribution < 1.29 is 4.58 Å². The van der Waals surface area contributed by atoms with E-state index in [9.17, 15) is 0 Å². The van der Waals surface area contributed by atoms with Crippen molar-refractivity contribution in [2.45, 2.75) is 86.5 Å². The molecule has 0 saturated carbocycles. The van der Waals surface area contributed by atoms with Crippen LogP contribution >= 0.6 is 0 Å². The Morgan fingerprint density at radius 3 is 1.50 bits per heavy atom. The topological polar surface area (TPSA) is 18.3 Å². The van der Waals surface area contributed by atoms with Gasteiger partial charge < -0.3 is 0 Å². The molecule has 0 unspecified atom stereocenters. The fraction of sp³-hybridized carbons (Fsp3) is 0.933. The van der Waals surface area contributed by atoms with E-state index in [4.69, 9.17) is 0 Å². The monoisotopic (exact) mass is 256 g/mol. The van der Waals surface area contributed by atoms with E-state index in [0.717, 1.165) is 6.54 Å². The molecule has 0 amide bonds. The average Bonchev–Trinajstić information content (AvgIpc) is 2.14. The van der Waals surface area contributed by atoms with E-state index in [0.29, 0.717) is 24.2 Å². The third-order valence-corrected chi connectivity index (χ3v) is 3.05. The van der Waals surface area contributed by atoms with Crippen molar-refractivity contribution in [3.05, 3.63) is 0 Å². The summed E-state index contributed by atoms with van der Waals surface area (Å²) >= 11 is 0. The highest BCUT2D eigenvalue weighted by Gasteiger charge is 2.29. The van der Waals surface area contributed by atoms with Crippen LogP contribution in [-0.4, -0.2) is 46.1 Å². The minimum absolute atomic E-state index is 0.499. The molecule has 0 rings (SSSR count). The Morgan fingerprint density at radius 1 is 0.889 bits per heavy atom. The minimum Gasteiger partial charge on any atom is -0.278 e. The van der Waals surface area contributed by atoms with Crippen LogP contribution in [-0.2, 0) is 0 Å². The highest BCUT2D eigenvalue weighted by Crippen LogP contribution is 2.08. The van der Waals surface area contributed by atoms with Crippen LogP contribution in [0.2, 0.25) is 0 Å². The molecule has 3 heteroatoms. The molecule has 0 atom stereocenters.